The van der Waals surface area contributed by atoms with Gasteiger partial charge in [0.25, 0.3) is 0 Å². The molecule has 0 atom stereocenters. The maximum atomic E-state index is 9.52. The Morgan fingerprint density at radius 2 is 1.10 bits per heavy atom. The third-order valence-electron chi connectivity index (χ3n) is 6.61. The zero-order valence-corrected chi connectivity index (χ0v) is 21.0. The van der Waals surface area contributed by atoms with Crippen LogP contribution in [0.25, 0.3) is 78.0 Å². The van der Waals surface area contributed by atoms with Crippen LogP contribution in [0.15, 0.2) is 144 Å². The lowest BCUT2D eigenvalue weighted by atomic mass is 9.96. The van der Waals surface area contributed by atoms with Crippen LogP contribution in [0.1, 0.15) is 17.8 Å². The van der Waals surface area contributed by atoms with E-state index in [1.807, 2.05) is 12.1 Å². The molecule has 192 valence electrons. The van der Waals surface area contributed by atoms with Crippen molar-refractivity contribution in [2.75, 3.05) is 0 Å². The first-order chi connectivity index (χ1) is 25.7. The summed E-state index contributed by atoms with van der Waals surface area (Å²) < 4.78 is 120. The summed E-state index contributed by atoms with van der Waals surface area (Å²) in [5.41, 5.74) is -0.577. The van der Waals surface area contributed by atoms with Gasteiger partial charge in [0.15, 0.2) is 17.5 Å². The molecule has 0 aliphatic heterocycles. The van der Waals surface area contributed by atoms with Crippen LogP contribution in [0.3, 0.4) is 0 Å². The molecule has 0 radical (unpaired) electrons. The summed E-state index contributed by atoms with van der Waals surface area (Å²) in [6.07, 6.45) is 0. The largest absolute Gasteiger partial charge is 0.455 e. The predicted octanol–water partition coefficient (Wildman–Crippen LogP) is 9.59. The van der Waals surface area contributed by atoms with Crippen molar-refractivity contribution >= 4 is 32.7 Å². The van der Waals surface area contributed by atoms with Crippen LogP contribution in [0.5, 0.6) is 0 Å². The van der Waals surface area contributed by atoms with E-state index in [4.69, 9.17) is 34.4 Å². The molecule has 8 rings (SSSR count). The number of aromatic nitrogens is 3. The Bertz CT molecular complexity index is 2830. The first kappa shape index (κ1) is 13.6. The number of rotatable bonds is 4. The van der Waals surface area contributed by atoms with Gasteiger partial charge >= 0.3 is 0 Å². The fourth-order valence-corrected chi connectivity index (χ4v) is 4.77. The van der Waals surface area contributed by atoms with Crippen LogP contribution in [-0.2, 0) is 0 Å². The van der Waals surface area contributed by atoms with Crippen molar-refractivity contribution in [3.63, 3.8) is 0 Å². The molecule has 0 bridgehead atoms. The Morgan fingerprint density at radius 1 is 0.488 bits per heavy atom. The highest BCUT2D eigenvalue weighted by Crippen LogP contribution is 2.43. The molecule has 8 aromatic rings. The molecule has 41 heavy (non-hydrogen) atoms. The number of nitrogens with zero attached hydrogens (tertiary/aromatic N) is 3. The van der Waals surface area contributed by atoms with Gasteiger partial charge in [0, 0.05) is 33.0 Å². The fourth-order valence-electron chi connectivity index (χ4n) is 4.77. The minimum Gasteiger partial charge on any atom is -0.455 e. The molecular weight excluding hydrogens is 502 g/mol. The summed E-state index contributed by atoms with van der Waals surface area (Å²) in [6, 6.07) is 9.48. The topological polar surface area (TPSA) is 51.8 Å². The van der Waals surface area contributed by atoms with E-state index in [2.05, 4.69) is 0 Å². The first-order valence-electron chi connectivity index (χ1n) is 19.1. The van der Waals surface area contributed by atoms with Crippen molar-refractivity contribution in [3.05, 3.63) is 139 Å². The van der Waals surface area contributed by atoms with Crippen LogP contribution in [0.4, 0.5) is 0 Å². The number of furan rings is 1. The SMILES string of the molecule is [2H]c1c([2H])c([2H])c(-c2c([2H])c([2H])c(-c3nc(-c4ccccc4)nc(-c4ccccc4)n3)c3c2oc2c([2H])c([2H])c4c([2H])c([2H])c([2H])c([2H])c4c23)c([2H])c1[2H]. The molecule has 6 aromatic carbocycles. The van der Waals surface area contributed by atoms with Crippen molar-refractivity contribution in [1.82, 2.24) is 15.0 Å². The van der Waals surface area contributed by atoms with Crippen molar-refractivity contribution in [1.29, 1.82) is 0 Å². The van der Waals surface area contributed by atoms with Gasteiger partial charge in [-0.05, 0) is 34.5 Å². The Morgan fingerprint density at radius 3 is 1.80 bits per heavy atom. The van der Waals surface area contributed by atoms with E-state index >= 15 is 0 Å². The molecule has 0 saturated carbocycles. The smallest absolute Gasteiger partial charge is 0.164 e. The van der Waals surface area contributed by atoms with Gasteiger partial charge in [-0.1, -0.05) is 121 Å². The van der Waals surface area contributed by atoms with Gasteiger partial charge < -0.3 is 4.42 Å². The summed E-state index contributed by atoms with van der Waals surface area (Å²) in [5, 5.41) is -0.779. The lowest BCUT2D eigenvalue weighted by molar-refractivity contribution is 0.670. The Hall–Kier alpha value is -5.61. The molecular formula is C37H23N3O. The molecule has 0 spiro atoms. The highest BCUT2D eigenvalue weighted by molar-refractivity contribution is 6.24. The molecule has 0 unspecified atom stereocenters. The van der Waals surface area contributed by atoms with E-state index in [0.717, 1.165) is 0 Å². The second kappa shape index (κ2) is 9.54. The van der Waals surface area contributed by atoms with Gasteiger partial charge in [-0.2, -0.15) is 0 Å². The van der Waals surface area contributed by atoms with E-state index in [-0.39, 0.29) is 55.7 Å². The molecule has 2 heterocycles. The average molecular weight is 539 g/mol. The van der Waals surface area contributed by atoms with Crippen molar-refractivity contribution in [2.45, 2.75) is 0 Å². The Kier molecular flexibility index (Phi) is 3.17. The van der Waals surface area contributed by atoms with Gasteiger partial charge in [0.1, 0.15) is 11.2 Å². The molecule has 0 saturated heterocycles. The molecule has 2 aromatic heterocycles. The molecule has 0 fully saturated rings. The van der Waals surface area contributed by atoms with Crippen LogP contribution in [0.2, 0.25) is 0 Å². The average Bonchev–Trinajstić information content (AvgIpc) is 3.57. The maximum absolute atomic E-state index is 9.52. The van der Waals surface area contributed by atoms with Gasteiger partial charge in [0.05, 0.1) is 17.8 Å². The van der Waals surface area contributed by atoms with Gasteiger partial charge in [-0.25, -0.2) is 15.0 Å². The third kappa shape index (κ3) is 3.97. The van der Waals surface area contributed by atoms with E-state index in [1.54, 1.807) is 48.5 Å². The minimum atomic E-state index is -0.711. The minimum absolute atomic E-state index is 0.124. The van der Waals surface area contributed by atoms with Crippen LogP contribution in [0, 0.1) is 0 Å². The monoisotopic (exact) mass is 538 g/mol. The summed E-state index contributed by atoms with van der Waals surface area (Å²) in [5.74, 6) is 0.210. The van der Waals surface area contributed by atoms with Crippen LogP contribution >= 0.6 is 0 Å². The number of hydrogen-bond acceptors (Lipinski definition) is 4. The number of fused-ring (bicyclic) bond motifs is 5. The standard InChI is InChI=1S/C37H23N3O/c1-4-12-24(13-5-1)29-21-22-30(33-32-28-19-11-10-14-25(28)20-23-31(32)41-34(29)33)37-39-35(26-15-6-2-7-16-26)38-36(40-37)27-17-8-3-9-18-27/h1-23H/i1D,4D,5D,10D,11D,12D,13D,14D,19D,20D,21D,22D,23D. The molecule has 0 aliphatic carbocycles. The fraction of sp³-hybridized carbons (Fsp3) is 0. The van der Waals surface area contributed by atoms with Gasteiger partial charge in [-0.3, -0.25) is 0 Å². The first-order valence-corrected chi connectivity index (χ1v) is 12.6. The molecule has 0 aliphatic rings. The Balaban J connectivity index is 1.66. The predicted molar refractivity (Wildman–Crippen MR) is 166 cm³/mol. The second-order valence-electron chi connectivity index (χ2n) is 9.05. The summed E-state index contributed by atoms with van der Waals surface area (Å²) >= 11 is 0. The van der Waals surface area contributed by atoms with E-state index in [9.17, 15) is 2.74 Å². The molecule has 0 amide bonds. The molecule has 4 nitrogen and oxygen atoms in total. The highest BCUT2D eigenvalue weighted by atomic mass is 16.3. The van der Waals surface area contributed by atoms with Crippen molar-refractivity contribution < 1.29 is 22.2 Å². The Labute approximate surface area is 254 Å². The molecule has 4 heteroatoms. The normalized spacial score (nSPS) is 15.9. The number of hydrogen-bond donors (Lipinski definition) is 0. The lowest BCUT2D eigenvalue weighted by Gasteiger charge is -2.11. The summed E-state index contributed by atoms with van der Waals surface area (Å²) in [4.78, 5) is 14.2. The third-order valence-corrected chi connectivity index (χ3v) is 6.61. The second-order valence-corrected chi connectivity index (χ2v) is 9.05. The van der Waals surface area contributed by atoms with E-state index in [0.29, 0.717) is 11.1 Å². The molecule has 0 N–H and O–H groups in total. The van der Waals surface area contributed by atoms with Gasteiger partial charge in [0.2, 0.25) is 0 Å². The van der Waals surface area contributed by atoms with Crippen molar-refractivity contribution in [2.24, 2.45) is 0 Å². The van der Waals surface area contributed by atoms with E-state index < -0.39 is 89.7 Å². The quantitative estimate of drug-likeness (QED) is 0.224. The number of benzene rings is 6. The van der Waals surface area contributed by atoms with Crippen LogP contribution < -0.4 is 0 Å². The highest BCUT2D eigenvalue weighted by Gasteiger charge is 2.21. The lowest BCUT2D eigenvalue weighted by Crippen LogP contribution is -2.00. The van der Waals surface area contributed by atoms with Crippen LogP contribution in [-0.4, -0.2) is 15.0 Å². The van der Waals surface area contributed by atoms with E-state index in [1.165, 1.54) is 0 Å². The zero-order chi connectivity index (χ0) is 38.5. The summed E-state index contributed by atoms with van der Waals surface area (Å²) in [6.45, 7) is 0. The summed E-state index contributed by atoms with van der Waals surface area (Å²) in [7, 11) is 0. The zero-order valence-electron chi connectivity index (χ0n) is 34.0. The van der Waals surface area contributed by atoms with Crippen molar-refractivity contribution in [3.8, 4) is 45.3 Å². The maximum Gasteiger partial charge on any atom is 0.164 e. The van der Waals surface area contributed by atoms with Gasteiger partial charge in [-0.15, -0.1) is 0 Å².